The summed E-state index contributed by atoms with van der Waals surface area (Å²) in [7, 11) is 1.67. The van der Waals surface area contributed by atoms with Crippen LogP contribution in [0.3, 0.4) is 0 Å². The standard InChI is InChI=1S/C13H17NO/c1-5-12(14-6-2)11-7-8-13(15-4)10(3)9-11/h1,7-9,12,14H,6H2,2-4H3. The van der Waals surface area contributed by atoms with Gasteiger partial charge in [-0.25, -0.2) is 0 Å². The van der Waals surface area contributed by atoms with Crippen LogP contribution in [0.25, 0.3) is 0 Å². The largest absolute Gasteiger partial charge is 0.496 e. The fourth-order valence-electron chi connectivity index (χ4n) is 1.56. The number of terminal acetylenes is 1. The van der Waals surface area contributed by atoms with Crippen LogP contribution in [-0.2, 0) is 0 Å². The van der Waals surface area contributed by atoms with E-state index >= 15 is 0 Å². The van der Waals surface area contributed by atoms with Crippen LogP contribution in [0.4, 0.5) is 0 Å². The van der Waals surface area contributed by atoms with Crippen LogP contribution in [0, 0.1) is 19.3 Å². The summed E-state index contributed by atoms with van der Waals surface area (Å²) < 4.78 is 5.20. The molecule has 2 nitrogen and oxygen atoms in total. The van der Waals surface area contributed by atoms with E-state index in [1.54, 1.807) is 7.11 Å². The minimum atomic E-state index is -0.0143. The second-order valence-electron chi connectivity index (χ2n) is 3.39. The van der Waals surface area contributed by atoms with E-state index in [1.165, 1.54) is 0 Å². The van der Waals surface area contributed by atoms with Crippen LogP contribution in [-0.4, -0.2) is 13.7 Å². The van der Waals surface area contributed by atoms with Crippen LogP contribution in [0.2, 0.25) is 0 Å². The van der Waals surface area contributed by atoms with Gasteiger partial charge < -0.3 is 10.1 Å². The highest BCUT2D eigenvalue weighted by Gasteiger charge is 2.08. The number of rotatable bonds is 4. The number of hydrogen-bond acceptors (Lipinski definition) is 2. The van der Waals surface area contributed by atoms with E-state index in [0.29, 0.717) is 0 Å². The molecule has 0 aliphatic heterocycles. The summed E-state index contributed by atoms with van der Waals surface area (Å²) in [5.74, 6) is 3.63. The van der Waals surface area contributed by atoms with Crippen LogP contribution in [0.5, 0.6) is 5.75 Å². The van der Waals surface area contributed by atoms with Crippen molar-refractivity contribution in [2.75, 3.05) is 13.7 Å². The summed E-state index contributed by atoms with van der Waals surface area (Å²) in [5.41, 5.74) is 2.21. The van der Waals surface area contributed by atoms with Crippen LogP contribution >= 0.6 is 0 Å². The molecule has 0 radical (unpaired) electrons. The zero-order valence-corrected chi connectivity index (χ0v) is 9.50. The van der Waals surface area contributed by atoms with Gasteiger partial charge in [0.25, 0.3) is 0 Å². The van der Waals surface area contributed by atoms with Crippen molar-refractivity contribution in [3.8, 4) is 18.1 Å². The average molecular weight is 203 g/mol. The first-order valence-electron chi connectivity index (χ1n) is 5.07. The molecule has 0 saturated heterocycles. The van der Waals surface area contributed by atoms with Crippen LogP contribution in [0.1, 0.15) is 24.1 Å². The molecule has 0 amide bonds. The zero-order chi connectivity index (χ0) is 11.3. The topological polar surface area (TPSA) is 21.3 Å². The van der Waals surface area contributed by atoms with Gasteiger partial charge in [-0.1, -0.05) is 18.9 Å². The Bertz CT molecular complexity index is 365. The molecular formula is C13H17NO. The molecule has 0 fully saturated rings. The van der Waals surface area contributed by atoms with Crippen molar-refractivity contribution in [2.24, 2.45) is 0 Å². The first-order chi connectivity index (χ1) is 7.22. The summed E-state index contributed by atoms with van der Waals surface area (Å²) in [6, 6.07) is 6.00. The number of hydrogen-bond donors (Lipinski definition) is 1. The molecule has 1 rings (SSSR count). The Kier molecular flexibility index (Phi) is 4.20. The molecule has 0 aliphatic carbocycles. The maximum absolute atomic E-state index is 5.47. The number of nitrogens with one attached hydrogen (secondary N) is 1. The second kappa shape index (κ2) is 5.43. The number of methoxy groups -OCH3 is 1. The van der Waals surface area contributed by atoms with E-state index in [9.17, 15) is 0 Å². The van der Waals surface area contributed by atoms with Crippen molar-refractivity contribution in [1.82, 2.24) is 5.32 Å². The van der Waals surface area contributed by atoms with Gasteiger partial charge in [0.05, 0.1) is 13.2 Å². The van der Waals surface area contributed by atoms with Crippen molar-refractivity contribution < 1.29 is 4.74 Å². The van der Waals surface area contributed by atoms with Gasteiger partial charge in [0.15, 0.2) is 0 Å². The minimum absolute atomic E-state index is 0.0143. The molecule has 1 aromatic carbocycles. The highest BCUT2D eigenvalue weighted by molar-refractivity contribution is 5.39. The third-order valence-electron chi connectivity index (χ3n) is 2.33. The second-order valence-corrected chi connectivity index (χ2v) is 3.39. The molecule has 15 heavy (non-hydrogen) atoms. The van der Waals surface area contributed by atoms with Crippen molar-refractivity contribution in [1.29, 1.82) is 0 Å². The number of ether oxygens (including phenoxy) is 1. The minimum Gasteiger partial charge on any atom is -0.496 e. The molecular weight excluding hydrogens is 186 g/mol. The van der Waals surface area contributed by atoms with E-state index in [4.69, 9.17) is 11.2 Å². The van der Waals surface area contributed by atoms with Gasteiger partial charge in [0.1, 0.15) is 5.75 Å². The first-order valence-corrected chi connectivity index (χ1v) is 5.07. The third-order valence-corrected chi connectivity index (χ3v) is 2.33. The SMILES string of the molecule is C#CC(NCC)c1ccc(OC)c(C)c1. The molecule has 0 bridgehead atoms. The quantitative estimate of drug-likeness (QED) is 0.758. The molecule has 0 aliphatic rings. The summed E-state index contributed by atoms with van der Waals surface area (Å²) in [5, 5.41) is 3.24. The fourth-order valence-corrected chi connectivity index (χ4v) is 1.56. The van der Waals surface area contributed by atoms with E-state index < -0.39 is 0 Å². The molecule has 0 spiro atoms. The van der Waals surface area contributed by atoms with Gasteiger partial charge in [-0.15, -0.1) is 6.42 Å². The van der Waals surface area contributed by atoms with Crippen molar-refractivity contribution in [2.45, 2.75) is 19.9 Å². The number of benzene rings is 1. The van der Waals surface area contributed by atoms with Gasteiger partial charge in [0.2, 0.25) is 0 Å². The van der Waals surface area contributed by atoms with Crippen LogP contribution < -0.4 is 10.1 Å². The van der Waals surface area contributed by atoms with Crippen molar-refractivity contribution in [3.05, 3.63) is 29.3 Å². The molecule has 1 unspecified atom stereocenters. The smallest absolute Gasteiger partial charge is 0.121 e. The Morgan fingerprint density at radius 3 is 2.73 bits per heavy atom. The van der Waals surface area contributed by atoms with Crippen LogP contribution in [0.15, 0.2) is 18.2 Å². The lowest BCUT2D eigenvalue weighted by Gasteiger charge is -2.13. The number of aryl methyl sites for hydroxylation is 1. The maximum atomic E-state index is 5.47. The third kappa shape index (κ3) is 2.74. The highest BCUT2D eigenvalue weighted by atomic mass is 16.5. The molecule has 1 atom stereocenters. The predicted octanol–water partition coefficient (Wildman–Crippen LogP) is 2.29. The Morgan fingerprint density at radius 2 is 2.27 bits per heavy atom. The normalized spacial score (nSPS) is 11.9. The Hall–Kier alpha value is -1.46. The molecule has 0 saturated carbocycles. The van der Waals surface area contributed by atoms with Crippen molar-refractivity contribution in [3.63, 3.8) is 0 Å². The predicted molar refractivity (Wildman–Crippen MR) is 63.0 cm³/mol. The van der Waals surface area contributed by atoms with Gasteiger partial charge in [-0.05, 0) is 36.7 Å². The molecule has 1 aromatic rings. The van der Waals surface area contributed by atoms with Gasteiger partial charge in [0, 0.05) is 0 Å². The molecule has 2 heteroatoms. The molecule has 0 heterocycles. The van der Waals surface area contributed by atoms with Gasteiger partial charge >= 0.3 is 0 Å². The summed E-state index contributed by atoms with van der Waals surface area (Å²) >= 11 is 0. The molecule has 1 N–H and O–H groups in total. The van der Waals surface area contributed by atoms with E-state index in [0.717, 1.165) is 23.4 Å². The Balaban J connectivity index is 2.96. The highest BCUT2D eigenvalue weighted by Crippen LogP contribution is 2.22. The fraction of sp³-hybridized carbons (Fsp3) is 0.385. The zero-order valence-electron chi connectivity index (χ0n) is 9.50. The molecule has 80 valence electrons. The first kappa shape index (κ1) is 11.6. The van der Waals surface area contributed by atoms with E-state index in [2.05, 4.69) is 17.3 Å². The van der Waals surface area contributed by atoms with E-state index in [1.807, 2.05) is 26.0 Å². The lowest BCUT2D eigenvalue weighted by molar-refractivity contribution is 0.411. The van der Waals surface area contributed by atoms with E-state index in [-0.39, 0.29) is 6.04 Å². The average Bonchev–Trinajstić information content (AvgIpc) is 2.25. The molecule has 0 aromatic heterocycles. The lowest BCUT2D eigenvalue weighted by Crippen LogP contribution is -2.19. The van der Waals surface area contributed by atoms with Gasteiger partial charge in [-0.2, -0.15) is 0 Å². The lowest BCUT2D eigenvalue weighted by atomic mass is 10.0. The van der Waals surface area contributed by atoms with Crippen molar-refractivity contribution >= 4 is 0 Å². The Labute approximate surface area is 91.6 Å². The summed E-state index contributed by atoms with van der Waals surface area (Å²) in [6.45, 7) is 4.92. The summed E-state index contributed by atoms with van der Waals surface area (Å²) in [6.07, 6.45) is 5.47. The Morgan fingerprint density at radius 1 is 1.53 bits per heavy atom. The van der Waals surface area contributed by atoms with Gasteiger partial charge in [-0.3, -0.25) is 0 Å². The monoisotopic (exact) mass is 203 g/mol. The summed E-state index contributed by atoms with van der Waals surface area (Å²) in [4.78, 5) is 0. The maximum Gasteiger partial charge on any atom is 0.121 e.